The Labute approximate surface area is 180 Å². The Bertz CT molecular complexity index is 882. The minimum absolute atomic E-state index is 0.339. The average Bonchev–Trinajstić information content (AvgIpc) is 2.72. The molecule has 0 fully saturated rings. The summed E-state index contributed by atoms with van der Waals surface area (Å²) in [5.74, 6) is -0.339. The Morgan fingerprint density at radius 3 is 1.66 bits per heavy atom. The molecule has 152 valence electrons. The topological polar surface area (TPSA) is 72.8 Å². The van der Waals surface area contributed by atoms with Gasteiger partial charge in [-0.05, 0) is 62.5 Å². The van der Waals surface area contributed by atoms with Gasteiger partial charge in [0.25, 0.3) is 0 Å². The number of hydrogen-bond acceptors (Lipinski definition) is 4. The summed E-state index contributed by atoms with van der Waals surface area (Å²) in [6.45, 7) is 5.19. The van der Waals surface area contributed by atoms with Crippen molar-refractivity contribution >= 4 is 46.1 Å². The first kappa shape index (κ1) is 22.4. The fourth-order valence-corrected chi connectivity index (χ4v) is 2.71. The first-order chi connectivity index (χ1) is 14.0. The van der Waals surface area contributed by atoms with Crippen molar-refractivity contribution in [3.05, 3.63) is 71.5 Å². The molecule has 2 rings (SSSR count). The molecule has 0 amide bonds. The molecule has 2 aromatic rings. The molecule has 9 heteroatoms. The van der Waals surface area contributed by atoms with E-state index in [1.165, 1.54) is 12.1 Å². The van der Waals surface area contributed by atoms with E-state index in [4.69, 9.17) is 24.4 Å². The molecule has 0 saturated carbocycles. The highest BCUT2D eigenvalue weighted by Gasteiger charge is 2.16. The molecule has 0 aliphatic rings. The maximum Gasteiger partial charge on any atom is 0.186 e. The first-order valence-electron chi connectivity index (χ1n) is 9.10. The van der Waals surface area contributed by atoms with E-state index < -0.39 is 0 Å². The lowest BCUT2D eigenvalue weighted by Crippen LogP contribution is -2.35. The molecule has 0 atom stereocenters. The van der Waals surface area contributed by atoms with Crippen molar-refractivity contribution in [1.29, 1.82) is 0 Å². The van der Waals surface area contributed by atoms with Gasteiger partial charge >= 0.3 is 0 Å². The van der Waals surface area contributed by atoms with Crippen LogP contribution in [0, 0.1) is 5.82 Å². The zero-order chi connectivity index (χ0) is 21.1. The zero-order valence-electron chi connectivity index (χ0n) is 16.2. The minimum atomic E-state index is -0.339. The molecule has 0 radical (unpaired) electrons. The Balaban J connectivity index is 2.51. The highest BCUT2D eigenvalue weighted by molar-refractivity contribution is 7.80. The normalized spacial score (nSPS) is 11.6. The number of hydrogen-bond donors (Lipinski definition) is 4. The van der Waals surface area contributed by atoms with Crippen molar-refractivity contribution in [1.82, 2.24) is 21.5 Å². The van der Waals surface area contributed by atoms with Crippen molar-refractivity contribution < 1.29 is 4.39 Å². The Morgan fingerprint density at radius 2 is 1.21 bits per heavy atom. The van der Waals surface area contributed by atoms with Crippen LogP contribution >= 0.6 is 24.4 Å². The summed E-state index contributed by atoms with van der Waals surface area (Å²) in [6, 6.07) is 15.5. The number of thiocarbonyl (C=S) groups is 2. The maximum absolute atomic E-state index is 13.5. The predicted molar refractivity (Wildman–Crippen MR) is 125 cm³/mol. The van der Waals surface area contributed by atoms with E-state index in [1.807, 2.05) is 44.2 Å². The number of halogens is 1. The van der Waals surface area contributed by atoms with Gasteiger partial charge in [0.05, 0.1) is 0 Å². The van der Waals surface area contributed by atoms with E-state index in [1.54, 1.807) is 12.1 Å². The third-order valence-corrected chi connectivity index (χ3v) is 4.07. The molecule has 6 nitrogen and oxygen atoms in total. The SMILES string of the molecule is CCNC(=S)NN=C(C(=NNC(=S)NCC)c1ccc(F)cc1)c1ccccc1. The van der Waals surface area contributed by atoms with Gasteiger partial charge in [0.1, 0.15) is 17.2 Å². The predicted octanol–water partition coefficient (Wildman–Crippen LogP) is 2.90. The summed E-state index contributed by atoms with van der Waals surface area (Å²) in [4.78, 5) is 0. The second kappa shape index (κ2) is 11.8. The first-order valence-corrected chi connectivity index (χ1v) is 9.91. The summed E-state index contributed by atoms with van der Waals surface area (Å²) < 4.78 is 13.5. The minimum Gasteiger partial charge on any atom is -0.362 e. The van der Waals surface area contributed by atoms with Crippen molar-refractivity contribution in [3.8, 4) is 0 Å². The molecule has 0 spiro atoms. The number of rotatable bonds is 7. The van der Waals surface area contributed by atoms with Crippen LogP contribution in [0.25, 0.3) is 0 Å². The standard InChI is InChI=1S/C20H23FN6S2/c1-3-22-19(28)26-24-17(14-8-6-5-7-9-14)18(25-27-20(29)23-4-2)15-10-12-16(21)13-11-15/h5-13H,3-4H2,1-2H3,(H2,22,26,28)(H2,23,27,29). The number of hydrazone groups is 2. The third kappa shape index (κ3) is 7.20. The van der Waals surface area contributed by atoms with Gasteiger partial charge in [-0.15, -0.1) is 0 Å². The van der Waals surface area contributed by atoms with Gasteiger partial charge in [-0.25, -0.2) is 4.39 Å². The van der Waals surface area contributed by atoms with Gasteiger partial charge in [0.2, 0.25) is 0 Å². The van der Waals surface area contributed by atoms with E-state index >= 15 is 0 Å². The quantitative estimate of drug-likeness (QED) is 0.308. The highest BCUT2D eigenvalue weighted by Crippen LogP contribution is 2.11. The van der Waals surface area contributed by atoms with Crippen LogP contribution in [-0.4, -0.2) is 34.7 Å². The monoisotopic (exact) mass is 430 g/mol. The van der Waals surface area contributed by atoms with Crippen LogP contribution < -0.4 is 21.5 Å². The van der Waals surface area contributed by atoms with Crippen LogP contribution in [0.1, 0.15) is 25.0 Å². The molecule has 0 heterocycles. The molecule has 0 unspecified atom stereocenters. The average molecular weight is 431 g/mol. The Morgan fingerprint density at radius 1 is 0.759 bits per heavy atom. The fraction of sp³-hybridized carbons (Fsp3) is 0.200. The summed E-state index contributed by atoms with van der Waals surface area (Å²) in [7, 11) is 0. The van der Waals surface area contributed by atoms with Gasteiger partial charge in [-0.2, -0.15) is 10.2 Å². The lowest BCUT2D eigenvalue weighted by atomic mass is 10.00. The van der Waals surface area contributed by atoms with Crippen LogP contribution in [-0.2, 0) is 0 Å². The molecule has 0 saturated heterocycles. The van der Waals surface area contributed by atoms with E-state index in [-0.39, 0.29) is 5.82 Å². The van der Waals surface area contributed by atoms with Crippen LogP contribution in [0.5, 0.6) is 0 Å². The van der Waals surface area contributed by atoms with Gasteiger partial charge in [0, 0.05) is 24.2 Å². The smallest absolute Gasteiger partial charge is 0.186 e. The molecule has 0 aliphatic carbocycles. The summed E-state index contributed by atoms with van der Waals surface area (Å²) >= 11 is 10.4. The number of benzene rings is 2. The Hall–Kier alpha value is -2.91. The summed E-state index contributed by atoms with van der Waals surface area (Å²) in [5, 5.41) is 15.6. The lowest BCUT2D eigenvalue weighted by molar-refractivity contribution is 0.628. The maximum atomic E-state index is 13.5. The van der Waals surface area contributed by atoms with E-state index in [2.05, 4.69) is 31.7 Å². The van der Waals surface area contributed by atoms with Crippen molar-refractivity contribution in [3.63, 3.8) is 0 Å². The van der Waals surface area contributed by atoms with E-state index in [9.17, 15) is 4.39 Å². The van der Waals surface area contributed by atoms with Gasteiger partial charge in [-0.3, -0.25) is 10.9 Å². The number of nitrogens with one attached hydrogen (secondary N) is 4. The molecular formula is C20H23FN6S2. The van der Waals surface area contributed by atoms with Gasteiger partial charge in [-0.1, -0.05) is 30.3 Å². The van der Waals surface area contributed by atoms with E-state index in [0.29, 0.717) is 40.3 Å². The molecule has 4 N–H and O–H groups in total. The van der Waals surface area contributed by atoms with Gasteiger partial charge < -0.3 is 10.6 Å². The van der Waals surface area contributed by atoms with Crippen LogP contribution in [0.2, 0.25) is 0 Å². The zero-order valence-corrected chi connectivity index (χ0v) is 17.8. The second-order valence-electron chi connectivity index (χ2n) is 5.74. The van der Waals surface area contributed by atoms with Crippen LogP contribution in [0.4, 0.5) is 4.39 Å². The molecular weight excluding hydrogens is 407 g/mol. The molecule has 2 aromatic carbocycles. The van der Waals surface area contributed by atoms with Crippen molar-refractivity contribution in [2.24, 2.45) is 10.2 Å². The molecule has 0 aliphatic heterocycles. The summed E-state index contributed by atoms with van der Waals surface area (Å²) in [5.41, 5.74) is 8.11. The van der Waals surface area contributed by atoms with E-state index in [0.717, 1.165) is 5.56 Å². The largest absolute Gasteiger partial charge is 0.362 e. The number of nitrogens with zero attached hydrogens (tertiary/aromatic N) is 2. The fourth-order valence-electron chi connectivity index (χ4n) is 2.33. The molecule has 0 bridgehead atoms. The lowest BCUT2D eigenvalue weighted by Gasteiger charge is -2.13. The third-order valence-electron chi connectivity index (χ3n) is 3.60. The molecule has 29 heavy (non-hydrogen) atoms. The summed E-state index contributed by atoms with van der Waals surface area (Å²) in [6.07, 6.45) is 0. The van der Waals surface area contributed by atoms with Gasteiger partial charge in [0.15, 0.2) is 10.2 Å². The second-order valence-corrected chi connectivity index (χ2v) is 6.55. The van der Waals surface area contributed by atoms with Crippen LogP contribution in [0.15, 0.2) is 64.8 Å². The van der Waals surface area contributed by atoms with Crippen molar-refractivity contribution in [2.45, 2.75) is 13.8 Å². The molecule has 0 aromatic heterocycles. The van der Waals surface area contributed by atoms with Crippen molar-refractivity contribution in [2.75, 3.05) is 13.1 Å². The highest BCUT2D eigenvalue weighted by atomic mass is 32.1. The Kier molecular flexibility index (Phi) is 9.13. The van der Waals surface area contributed by atoms with Crippen LogP contribution in [0.3, 0.4) is 0 Å².